The molecular formula is C14H19NO2. The van der Waals surface area contributed by atoms with Gasteiger partial charge in [-0.15, -0.1) is 0 Å². The average Bonchev–Trinajstić information content (AvgIpc) is 2.56. The van der Waals surface area contributed by atoms with E-state index in [0.717, 1.165) is 5.56 Å². The van der Waals surface area contributed by atoms with Crippen LogP contribution in [-0.4, -0.2) is 11.1 Å². The minimum absolute atomic E-state index is 0.304. The van der Waals surface area contributed by atoms with Crippen molar-refractivity contribution < 1.29 is 9.90 Å². The fourth-order valence-corrected chi connectivity index (χ4v) is 3.47. The Morgan fingerprint density at radius 3 is 1.94 bits per heavy atom. The fourth-order valence-electron chi connectivity index (χ4n) is 3.47. The number of para-hydroxylation sites is 1. The van der Waals surface area contributed by atoms with E-state index < -0.39 is 11.4 Å². The van der Waals surface area contributed by atoms with Gasteiger partial charge in [-0.1, -0.05) is 45.9 Å². The fraction of sp³-hybridized carbons (Fsp3) is 0.500. The number of aliphatic carboxylic acids is 1. The first-order chi connectivity index (χ1) is 7.71. The molecule has 92 valence electrons. The maximum Gasteiger partial charge on any atom is 0.315 e. The SMILES string of the molecule is CC1(C)C(C)(C)C1(C(=O)O)c1ccccc1N. The van der Waals surface area contributed by atoms with Gasteiger partial charge in [0.05, 0.1) is 0 Å². The molecule has 17 heavy (non-hydrogen) atoms. The van der Waals surface area contributed by atoms with E-state index in [2.05, 4.69) is 0 Å². The maximum absolute atomic E-state index is 11.8. The predicted octanol–water partition coefficient (Wildman–Crippen LogP) is 2.66. The number of rotatable bonds is 2. The summed E-state index contributed by atoms with van der Waals surface area (Å²) in [5.74, 6) is -0.787. The average molecular weight is 233 g/mol. The van der Waals surface area contributed by atoms with Gasteiger partial charge in [-0.2, -0.15) is 0 Å². The highest BCUT2D eigenvalue weighted by Crippen LogP contribution is 2.78. The monoisotopic (exact) mass is 233 g/mol. The molecule has 0 radical (unpaired) electrons. The third kappa shape index (κ3) is 1.05. The molecule has 1 aliphatic rings. The molecule has 1 saturated carbocycles. The molecule has 3 heteroatoms. The molecule has 1 aromatic carbocycles. The highest BCUT2D eigenvalue weighted by Gasteiger charge is 2.82. The number of benzene rings is 1. The van der Waals surface area contributed by atoms with Crippen molar-refractivity contribution in [1.29, 1.82) is 0 Å². The minimum Gasteiger partial charge on any atom is -0.481 e. The van der Waals surface area contributed by atoms with Crippen LogP contribution in [0.1, 0.15) is 33.3 Å². The number of hydrogen-bond acceptors (Lipinski definition) is 2. The van der Waals surface area contributed by atoms with Gasteiger partial charge in [0, 0.05) is 5.69 Å². The summed E-state index contributed by atoms with van der Waals surface area (Å²) in [7, 11) is 0. The molecule has 1 fully saturated rings. The van der Waals surface area contributed by atoms with E-state index in [1.807, 2.05) is 45.9 Å². The van der Waals surface area contributed by atoms with E-state index >= 15 is 0 Å². The van der Waals surface area contributed by atoms with Crippen LogP contribution in [0.2, 0.25) is 0 Å². The highest BCUT2D eigenvalue weighted by molar-refractivity contribution is 5.91. The first kappa shape index (κ1) is 12.0. The molecule has 0 unspecified atom stereocenters. The summed E-state index contributed by atoms with van der Waals surface area (Å²) < 4.78 is 0. The lowest BCUT2D eigenvalue weighted by molar-refractivity contribution is -0.141. The van der Waals surface area contributed by atoms with Gasteiger partial charge in [-0.05, 0) is 22.5 Å². The molecule has 0 atom stereocenters. The predicted molar refractivity (Wildman–Crippen MR) is 67.7 cm³/mol. The van der Waals surface area contributed by atoms with Crippen molar-refractivity contribution >= 4 is 11.7 Å². The van der Waals surface area contributed by atoms with Crippen LogP contribution < -0.4 is 5.73 Å². The number of hydrogen-bond donors (Lipinski definition) is 2. The molecule has 0 aliphatic heterocycles. The lowest BCUT2D eigenvalue weighted by atomic mass is 9.85. The maximum atomic E-state index is 11.8. The summed E-state index contributed by atoms with van der Waals surface area (Å²) in [6, 6.07) is 7.28. The van der Waals surface area contributed by atoms with Crippen LogP contribution >= 0.6 is 0 Å². The van der Waals surface area contributed by atoms with Gasteiger partial charge in [0.25, 0.3) is 0 Å². The Balaban J connectivity index is 2.71. The Morgan fingerprint density at radius 2 is 1.59 bits per heavy atom. The second kappa shape index (κ2) is 3.03. The molecule has 0 spiro atoms. The first-order valence-corrected chi connectivity index (χ1v) is 5.79. The molecule has 0 aromatic heterocycles. The summed E-state index contributed by atoms with van der Waals surface area (Å²) in [5.41, 5.74) is 5.77. The summed E-state index contributed by atoms with van der Waals surface area (Å²) in [5, 5.41) is 9.70. The number of carboxylic acids is 1. The minimum atomic E-state index is -0.884. The quantitative estimate of drug-likeness (QED) is 0.772. The summed E-state index contributed by atoms with van der Waals surface area (Å²) >= 11 is 0. The second-order valence-corrected chi connectivity index (χ2v) is 5.89. The zero-order valence-corrected chi connectivity index (χ0v) is 10.7. The molecule has 2 rings (SSSR count). The van der Waals surface area contributed by atoms with Gasteiger partial charge >= 0.3 is 5.97 Å². The lowest BCUT2D eigenvalue weighted by Crippen LogP contribution is -2.29. The molecule has 1 aromatic rings. The van der Waals surface area contributed by atoms with Gasteiger partial charge < -0.3 is 10.8 Å². The van der Waals surface area contributed by atoms with Crippen molar-refractivity contribution in [1.82, 2.24) is 0 Å². The van der Waals surface area contributed by atoms with Crippen LogP contribution in [0.5, 0.6) is 0 Å². The highest BCUT2D eigenvalue weighted by atomic mass is 16.4. The molecule has 3 N–H and O–H groups in total. The Morgan fingerprint density at radius 1 is 1.12 bits per heavy atom. The molecule has 0 amide bonds. The normalized spacial score (nSPS) is 23.1. The largest absolute Gasteiger partial charge is 0.481 e. The van der Waals surface area contributed by atoms with E-state index in [1.165, 1.54) is 0 Å². The number of nitrogens with two attached hydrogens (primary N) is 1. The summed E-state index contributed by atoms with van der Waals surface area (Å²) in [4.78, 5) is 11.8. The van der Waals surface area contributed by atoms with Crippen molar-refractivity contribution in [3.8, 4) is 0 Å². The van der Waals surface area contributed by atoms with Crippen molar-refractivity contribution in [3.05, 3.63) is 29.8 Å². The topological polar surface area (TPSA) is 63.3 Å². The molecule has 0 bridgehead atoms. The third-order valence-corrected chi connectivity index (χ3v) is 5.06. The van der Waals surface area contributed by atoms with Crippen LogP contribution in [0.15, 0.2) is 24.3 Å². The van der Waals surface area contributed by atoms with E-state index in [0.29, 0.717) is 5.69 Å². The summed E-state index contributed by atoms with van der Waals surface area (Å²) in [6.07, 6.45) is 0. The molecular weight excluding hydrogens is 214 g/mol. The van der Waals surface area contributed by atoms with E-state index in [-0.39, 0.29) is 10.8 Å². The van der Waals surface area contributed by atoms with Crippen LogP contribution in [0.25, 0.3) is 0 Å². The van der Waals surface area contributed by atoms with Gasteiger partial charge in [0.15, 0.2) is 0 Å². The zero-order valence-electron chi connectivity index (χ0n) is 10.7. The van der Waals surface area contributed by atoms with Crippen LogP contribution in [-0.2, 0) is 10.2 Å². The van der Waals surface area contributed by atoms with Gasteiger partial charge in [-0.3, -0.25) is 4.79 Å². The molecule has 0 heterocycles. The molecule has 0 saturated heterocycles. The zero-order chi connectivity index (χ0) is 13.1. The summed E-state index contributed by atoms with van der Waals surface area (Å²) in [6.45, 7) is 7.97. The molecule has 3 nitrogen and oxygen atoms in total. The van der Waals surface area contributed by atoms with Gasteiger partial charge in [0.2, 0.25) is 0 Å². The smallest absolute Gasteiger partial charge is 0.315 e. The number of carbonyl (C=O) groups is 1. The Labute approximate surface area is 102 Å². The number of anilines is 1. The lowest BCUT2D eigenvalue weighted by Gasteiger charge is -2.19. The van der Waals surface area contributed by atoms with Crippen molar-refractivity contribution in [2.75, 3.05) is 5.73 Å². The standard InChI is InChI=1S/C14H19NO2/c1-12(2)13(3,4)14(12,11(16)17)9-7-5-6-8-10(9)15/h5-8H,15H2,1-4H3,(H,16,17). The third-order valence-electron chi connectivity index (χ3n) is 5.06. The van der Waals surface area contributed by atoms with Crippen LogP contribution in [0.3, 0.4) is 0 Å². The van der Waals surface area contributed by atoms with Crippen molar-refractivity contribution in [2.24, 2.45) is 10.8 Å². The number of nitrogen functional groups attached to an aromatic ring is 1. The van der Waals surface area contributed by atoms with Crippen LogP contribution in [0, 0.1) is 10.8 Å². The van der Waals surface area contributed by atoms with E-state index in [9.17, 15) is 9.90 Å². The Hall–Kier alpha value is -1.51. The van der Waals surface area contributed by atoms with Gasteiger partial charge in [-0.25, -0.2) is 0 Å². The van der Waals surface area contributed by atoms with Crippen molar-refractivity contribution in [2.45, 2.75) is 33.1 Å². The Bertz CT molecular complexity index is 475. The number of carboxylic acid groups (broad SMARTS) is 1. The van der Waals surface area contributed by atoms with E-state index in [4.69, 9.17) is 5.73 Å². The molecule has 1 aliphatic carbocycles. The first-order valence-electron chi connectivity index (χ1n) is 5.79. The van der Waals surface area contributed by atoms with E-state index in [1.54, 1.807) is 6.07 Å². The van der Waals surface area contributed by atoms with Crippen molar-refractivity contribution in [3.63, 3.8) is 0 Å². The van der Waals surface area contributed by atoms with Crippen LogP contribution in [0.4, 0.5) is 5.69 Å². The second-order valence-electron chi connectivity index (χ2n) is 5.89. The van der Waals surface area contributed by atoms with Gasteiger partial charge in [0.1, 0.15) is 5.41 Å². The Kier molecular flexibility index (Phi) is 2.13.